The summed E-state index contributed by atoms with van der Waals surface area (Å²) < 4.78 is 63.7. The summed E-state index contributed by atoms with van der Waals surface area (Å²) in [5, 5.41) is 0. The van der Waals surface area contributed by atoms with E-state index in [4.69, 9.17) is 0 Å². The molecule has 0 unspecified atom stereocenters. The molecule has 0 bridgehead atoms. The minimum Gasteiger partial charge on any atom is -0.292 e. The third-order valence-corrected chi connectivity index (χ3v) is 7.27. The summed E-state index contributed by atoms with van der Waals surface area (Å²) >= 11 is 0. The second-order valence-electron chi connectivity index (χ2n) is 6.03. The lowest BCUT2D eigenvalue weighted by Crippen LogP contribution is -2.35. The van der Waals surface area contributed by atoms with Crippen LogP contribution in [0.5, 0.6) is 0 Å². The molecule has 27 heavy (non-hydrogen) atoms. The SMILES string of the molecule is O=S(=O)(NNc1ccc(S(=O)(=O)N2CCCCC2)cn1)c1ccc(F)cc1. The number of piperidine rings is 1. The summed E-state index contributed by atoms with van der Waals surface area (Å²) in [7, 11) is -7.53. The second kappa shape index (κ2) is 7.89. The summed E-state index contributed by atoms with van der Waals surface area (Å²) in [5.41, 5.74) is 2.40. The molecule has 0 radical (unpaired) electrons. The molecule has 0 amide bonds. The van der Waals surface area contributed by atoms with Crippen molar-refractivity contribution >= 4 is 25.9 Å². The van der Waals surface area contributed by atoms with Crippen molar-refractivity contribution in [3.8, 4) is 0 Å². The Morgan fingerprint density at radius 1 is 0.889 bits per heavy atom. The number of pyridine rings is 1. The van der Waals surface area contributed by atoms with Crippen LogP contribution < -0.4 is 10.3 Å². The third kappa shape index (κ3) is 4.61. The van der Waals surface area contributed by atoms with Gasteiger partial charge in [0.2, 0.25) is 10.0 Å². The number of hydrogen-bond acceptors (Lipinski definition) is 6. The van der Waals surface area contributed by atoms with Crippen molar-refractivity contribution in [2.45, 2.75) is 29.1 Å². The van der Waals surface area contributed by atoms with Crippen molar-refractivity contribution in [3.05, 3.63) is 48.4 Å². The van der Waals surface area contributed by atoms with Gasteiger partial charge in [-0.15, -0.1) is 4.83 Å². The smallest absolute Gasteiger partial charge is 0.257 e. The van der Waals surface area contributed by atoms with Gasteiger partial charge in [-0.1, -0.05) is 6.42 Å². The maximum absolute atomic E-state index is 12.9. The molecule has 0 spiro atoms. The first kappa shape index (κ1) is 19.7. The van der Waals surface area contributed by atoms with Gasteiger partial charge in [0.1, 0.15) is 16.5 Å². The van der Waals surface area contributed by atoms with Crippen molar-refractivity contribution in [2.75, 3.05) is 18.5 Å². The third-order valence-electron chi connectivity index (χ3n) is 4.13. The second-order valence-corrected chi connectivity index (χ2v) is 9.65. The van der Waals surface area contributed by atoms with Gasteiger partial charge in [0.25, 0.3) is 10.0 Å². The van der Waals surface area contributed by atoms with Gasteiger partial charge in [0.05, 0.1) is 4.90 Å². The van der Waals surface area contributed by atoms with Gasteiger partial charge in [-0.25, -0.2) is 26.2 Å². The fraction of sp³-hybridized carbons (Fsp3) is 0.312. The molecule has 1 aromatic heterocycles. The van der Waals surface area contributed by atoms with E-state index in [1.165, 1.54) is 22.6 Å². The maximum Gasteiger partial charge on any atom is 0.257 e. The molecule has 11 heteroatoms. The molecule has 2 heterocycles. The van der Waals surface area contributed by atoms with E-state index in [1.54, 1.807) is 0 Å². The average molecular weight is 414 g/mol. The normalized spacial score (nSPS) is 16.2. The van der Waals surface area contributed by atoms with Crippen molar-refractivity contribution < 1.29 is 21.2 Å². The Bertz CT molecular complexity index is 988. The van der Waals surface area contributed by atoms with Gasteiger partial charge in [-0.3, -0.25) is 5.43 Å². The van der Waals surface area contributed by atoms with E-state index in [0.29, 0.717) is 13.1 Å². The predicted molar refractivity (Wildman–Crippen MR) is 97.2 cm³/mol. The van der Waals surface area contributed by atoms with Crippen LogP contribution in [0, 0.1) is 5.82 Å². The zero-order valence-electron chi connectivity index (χ0n) is 14.3. The number of hydrogen-bond donors (Lipinski definition) is 2. The standard InChI is InChI=1S/C16H19FN4O4S2/c17-13-4-6-14(7-5-13)26(22,23)20-19-16-9-8-15(12-18-16)27(24,25)21-10-2-1-3-11-21/h4-9,12,20H,1-3,10-11H2,(H,18,19). The number of sulfonamides is 2. The Labute approximate surface area is 157 Å². The molecule has 8 nitrogen and oxygen atoms in total. The Balaban J connectivity index is 1.68. The molecule has 3 rings (SSSR count). The Morgan fingerprint density at radius 2 is 1.52 bits per heavy atom. The first-order valence-electron chi connectivity index (χ1n) is 8.29. The number of anilines is 1. The monoisotopic (exact) mass is 414 g/mol. The Kier molecular flexibility index (Phi) is 5.75. The topological polar surface area (TPSA) is 108 Å². The van der Waals surface area contributed by atoms with E-state index < -0.39 is 25.9 Å². The van der Waals surface area contributed by atoms with Gasteiger partial charge < -0.3 is 0 Å². The van der Waals surface area contributed by atoms with Crippen LogP contribution in [0.2, 0.25) is 0 Å². The molecule has 146 valence electrons. The number of halogens is 1. The van der Waals surface area contributed by atoms with Gasteiger partial charge in [-0.2, -0.15) is 4.31 Å². The molecule has 1 saturated heterocycles. The largest absolute Gasteiger partial charge is 0.292 e. The summed E-state index contributed by atoms with van der Waals surface area (Å²) in [6.45, 7) is 0.972. The molecule has 2 N–H and O–H groups in total. The number of aromatic nitrogens is 1. The molecule has 1 aliphatic heterocycles. The van der Waals surface area contributed by atoms with Crippen LogP contribution >= 0.6 is 0 Å². The zero-order valence-corrected chi connectivity index (χ0v) is 15.9. The number of nitrogens with zero attached hydrogens (tertiary/aromatic N) is 2. The van der Waals surface area contributed by atoms with E-state index in [1.807, 2.05) is 0 Å². The average Bonchev–Trinajstić information content (AvgIpc) is 2.68. The minimum absolute atomic E-state index is 0.0522. The lowest BCUT2D eigenvalue weighted by atomic mass is 10.2. The molecule has 0 saturated carbocycles. The first-order chi connectivity index (χ1) is 12.8. The van der Waals surface area contributed by atoms with Crippen LogP contribution in [-0.4, -0.2) is 39.2 Å². The van der Waals surface area contributed by atoms with Crippen molar-refractivity contribution in [3.63, 3.8) is 0 Å². The van der Waals surface area contributed by atoms with Crippen molar-refractivity contribution in [1.29, 1.82) is 0 Å². The van der Waals surface area contributed by atoms with Crippen LogP contribution in [0.4, 0.5) is 10.2 Å². The van der Waals surface area contributed by atoms with E-state index in [-0.39, 0.29) is 15.6 Å². The lowest BCUT2D eigenvalue weighted by molar-refractivity contribution is 0.346. The molecule has 0 atom stereocenters. The van der Waals surface area contributed by atoms with Crippen molar-refractivity contribution in [1.82, 2.24) is 14.1 Å². The Hall–Kier alpha value is -2.08. The van der Waals surface area contributed by atoms with Crippen LogP contribution in [0.25, 0.3) is 0 Å². The number of hydrazine groups is 1. The highest BCUT2D eigenvalue weighted by molar-refractivity contribution is 7.89. The van der Waals surface area contributed by atoms with Crippen LogP contribution in [0.3, 0.4) is 0 Å². The summed E-state index contributed by atoms with van der Waals surface area (Å²) in [4.78, 5) is 5.98. The van der Waals surface area contributed by atoms with Gasteiger partial charge >= 0.3 is 0 Å². The maximum atomic E-state index is 12.9. The summed E-state index contributed by atoms with van der Waals surface area (Å²) in [5.74, 6) is -0.424. The fourth-order valence-electron chi connectivity index (χ4n) is 2.65. The first-order valence-corrected chi connectivity index (χ1v) is 11.2. The summed E-state index contributed by atoms with van der Waals surface area (Å²) in [6.07, 6.45) is 3.86. The molecular formula is C16H19FN4O4S2. The molecule has 1 aliphatic rings. The molecular weight excluding hydrogens is 395 g/mol. The van der Waals surface area contributed by atoms with E-state index in [9.17, 15) is 21.2 Å². The molecule has 1 aromatic carbocycles. The lowest BCUT2D eigenvalue weighted by Gasteiger charge is -2.25. The summed E-state index contributed by atoms with van der Waals surface area (Å²) in [6, 6.07) is 7.05. The Morgan fingerprint density at radius 3 is 2.11 bits per heavy atom. The highest BCUT2D eigenvalue weighted by Crippen LogP contribution is 2.20. The number of benzene rings is 1. The highest BCUT2D eigenvalue weighted by atomic mass is 32.2. The number of rotatable bonds is 6. The van der Waals surface area contributed by atoms with Gasteiger partial charge in [0, 0.05) is 19.3 Å². The van der Waals surface area contributed by atoms with E-state index in [0.717, 1.165) is 43.5 Å². The van der Waals surface area contributed by atoms with Crippen LogP contribution in [0.1, 0.15) is 19.3 Å². The van der Waals surface area contributed by atoms with Crippen LogP contribution in [0.15, 0.2) is 52.4 Å². The van der Waals surface area contributed by atoms with E-state index in [2.05, 4.69) is 15.2 Å². The van der Waals surface area contributed by atoms with Gasteiger partial charge in [0.15, 0.2) is 0 Å². The quantitative estimate of drug-likeness (QED) is 0.697. The van der Waals surface area contributed by atoms with Crippen LogP contribution in [-0.2, 0) is 20.0 Å². The minimum atomic E-state index is -3.93. The molecule has 2 aromatic rings. The zero-order chi connectivity index (χ0) is 19.5. The van der Waals surface area contributed by atoms with Crippen molar-refractivity contribution in [2.24, 2.45) is 0 Å². The molecule has 0 aliphatic carbocycles. The fourth-order valence-corrected chi connectivity index (χ4v) is 4.97. The number of nitrogens with one attached hydrogen (secondary N) is 2. The molecule has 1 fully saturated rings. The van der Waals surface area contributed by atoms with E-state index >= 15 is 0 Å². The van der Waals surface area contributed by atoms with Gasteiger partial charge in [-0.05, 0) is 49.2 Å². The predicted octanol–water partition coefficient (Wildman–Crippen LogP) is 1.70. The highest BCUT2D eigenvalue weighted by Gasteiger charge is 2.26.